The predicted molar refractivity (Wildman–Crippen MR) is 84.9 cm³/mol. The second-order valence-corrected chi connectivity index (χ2v) is 7.26. The summed E-state index contributed by atoms with van der Waals surface area (Å²) in [6.45, 7) is 9.40. The predicted octanol–water partition coefficient (Wildman–Crippen LogP) is 3.02. The van der Waals surface area contributed by atoms with Gasteiger partial charge in [0.2, 0.25) is 0 Å². The van der Waals surface area contributed by atoms with Gasteiger partial charge < -0.3 is 14.0 Å². The molecule has 2 aliphatic rings. The highest BCUT2D eigenvalue weighted by Crippen LogP contribution is 2.37. The van der Waals surface area contributed by atoms with Gasteiger partial charge in [-0.2, -0.15) is 0 Å². The highest BCUT2D eigenvalue weighted by atomic mass is 19.1. The average Bonchev–Trinajstić information content (AvgIpc) is 2.68. The van der Waals surface area contributed by atoms with Crippen molar-refractivity contribution >= 4 is 12.6 Å². The standard InChI is InChI=1S/C17H24BFO3/c1-16(2)17(3,4)22-18(21-16)14-6-5-13(11-15(14)19)12-7-9-20-10-8-12/h5-6,11-12H,7-10H2,1-4H3. The maximum atomic E-state index is 14.6. The van der Waals surface area contributed by atoms with E-state index in [1.54, 1.807) is 6.07 Å². The van der Waals surface area contributed by atoms with Crippen molar-refractivity contribution in [1.29, 1.82) is 0 Å². The summed E-state index contributed by atoms with van der Waals surface area (Å²) >= 11 is 0. The number of halogens is 1. The third-order valence-corrected chi connectivity index (χ3v) is 5.22. The molecule has 0 spiro atoms. The summed E-state index contributed by atoms with van der Waals surface area (Å²) in [4.78, 5) is 0. The second-order valence-electron chi connectivity index (χ2n) is 7.26. The Morgan fingerprint density at radius 1 is 1.05 bits per heavy atom. The fourth-order valence-corrected chi connectivity index (χ4v) is 2.99. The Bertz CT molecular complexity index is 537. The lowest BCUT2D eigenvalue weighted by molar-refractivity contribution is 0.00578. The molecule has 0 N–H and O–H groups in total. The van der Waals surface area contributed by atoms with Crippen LogP contribution >= 0.6 is 0 Å². The van der Waals surface area contributed by atoms with Crippen LogP contribution in [0.5, 0.6) is 0 Å². The number of rotatable bonds is 2. The summed E-state index contributed by atoms with van der Waals surface area (Å²) in [7, 11) is -0.645. The Morgan fingerprint density at radius 3 is 2.18 bits per heavy atom. The quantitative estimate of drug-likeness (QED) is 0.786. The number of ether oxygens (including phenoxy) is 1. The molecule has 3 rings (SSSR count). The molecule has 3 nitrogen and oxygen atoms in total. The zero-order chi connectivity index (χ0) is 16.0. The molecule has 0 radical (unpaired) electrons. The third kappa shape index (κ3) is 2.82. The zero-order valence-corrected chi connectivity index (χ0v) is 13.8. The van der Waals surface area contributed by atoms with Crippen molar-refractivity contribution in [3.05, 3.63) is 29.6 Å². The minimum Gasteiger partial charge on any atom is -0.399 e. The fourth-order valence-electron chi connectivity index (χ4n) is 2.99. The lowest BCUT2D eigenvalue weighted by atomic mass is 9.77. The van der Waals surface area contributed by atoms with Crippen LogP contribution in [0.15, 0.2) is 18.2 Å². The van der Waals surface area contributed by atoms with E-state index in [2.05, 4.69) is 0 Å². The largest absolute Gasteiger partial charge is 0.497 e. The Balaban J connectivity index is 1.81. The molecule has 120 valence electrons. The molecule has 2 fully saturated rings. The van der Waals surface area contributed by atoms with E-state index in [4.69, 9.17) is 14.0 Å². The van der Waals surface area contributed by atoms with Gasteiger partial charge in [0, 0.05) is 18.7 Å². The monoisotopic (exact) mass is 306 g/mol. The Kier molecular flexibility index (Phi) is 4.08. The summed E-state index contributed by atoms with van der Waals surface area (Å²) in [5, 5.41) is 0. The van der Waals surface area contributed by atoms with Gasteiger partial charge in [0.15, 0.2) is 0 Å². The molecule has 0 bridgehead atoms. The van der Waals surface area contributed by atoms with Crippen LogP contribution in [-0.2, 0) is 14.0 Å². The lowest BCUT2D eigenvalue weighted by Gasteiger charge is -2.32. The van der Waals surface area contributed by atoms with Crippen LogP contribution in [0.2, 0.25) is 0 Å². The number of hydrogen-bond donors (Lipinski definition) is 0. The Labute approximate surface area is 132 Å². The van der Waals surface area contributed by atoms with E-state index >= 15 is 0 Å². The summed E-state index contributed by atoms with van der Waals surface area (Å²) in [5.74, 6) is 0.137. The summed E-state index contributed by atoms with van der Waals surface area (Å²) in [6.07, 6.45) is 1.91. The number of benzene rings is 1. The first-order valence-corrected chi connectivity index (χ1v) is 8.03. The van der Waals surface area contributed by atoms with E-state index in [0.717, 1.165) is 31.6 Å². The van der Waals surface area contributed by atoms with Crippen LogP contribution in [0.4, 0.5) is 4.39 Å². The maximum Gasteiger partial charge on any atom is 0.497 e. The van der Waals surface area contributed by atoms with Gasteiger partial charge in [-0.15, -0.1) is 0 Å². The molecule has 5 heteroatoms. The molecule has 0 amide bonds. The van der Waals surface area contributed by atoms with Crippen molar-refractivity contribution in [2.45, 2.75) is 57.7 Å². The molecule has 0 aromatic heterocycles. The van der Waals surface area contributed by atoms with Crippen molar-refractivity contribution in [2.24, 2.45) is 0 Å². The van der Waals surface area contributed by atoms with E-state index in [-0.39, 0.29) is 5.82 Å². The van der Waals surface area contributed by atoms with E-state index in [1.165, 1.54) is 0 Å². The van der Waals surface area contributed by atoms with E-state index < -0.39 is 18.3 Å². The van der Waals surface area contributed by atoms with E-state index in [1.807, 2.05) is 39.8 Å². The fraction of sp³-hybridized carbons (Fsp3) is 0.647. The third-order valence-electron chi connectivity index (χ3n) is 5.22. The minimum atomic E-state index is -0.645. The average molecular weight is 306 g/mol. The minimum absolute atomic E-state index is 0.248. The molecule has 2 saturated heterocycles. The van der Waals surface area contributed by atoms with Crippen molar-refractivity contribution < 1.29 is 18.4 Å². The Morgan fingerprint density at radius 2 is 1.64 bits per heavy atom. The smallest absolute Gasteiger partial charge is 0.399 e. The first-order valence-electron chi connectivity index (χ1n) is 8.03. The topological polar surface area (TPSA) is 27.7 Å². The van der Waals surface area contributed by atoms with Gasteiger partial charge in [0.05, 0.1) is 11.2 Å². The lowest BCUT2D eigenvalue weighted by Crippen LogP contribution is -2.41. The van der Waals surface area contributed by atoms with Crippen LogP contribution in [0.25, 0.3) is 0 Å². The zero-order valence-electron chi connectivity index (χ0n) is 13.8. The van der Waals surface area contributed by atoms with Crippen molar-refractivity contribution in [1.82, 2.24) is 0 Å². The van der Waals surface area contributed by atoms with Crippen molar-refractivity contribution in [3.63, 3.8) is 0 Å². The van der Waals surface area contributed by atoms with Gasteiger partial charge in [0.25, 0.3) is 0 Å². The van der Waals surface area contributed by atoms with Crippen LogP contribution in [-0.4, -0.2) is 31.5 Å². The van der Waals surface area contributed by atoms with Gasteiger partial charge in [-0.05, 0) is 58.1 Å². The maximum absolute atomic E-state index is 14.6. The van der Waals surface area contributed by atoms with Crippen LogP contribution < -0.4 is 5.46 Å². The van der Waals surface area contributed by atoms with Crippen LogP contribution in [0.3, 0.4) is 0 Å². The van der Waals surface area contributed by atoms with Gasteiger partial charge >= 0.3 is 7.12 Å². The normalized spacial score (nSPS) is 24.7. The summed E-state index contributed by atoms with van der Waals surface area (Å²) in [5.41, 5.74) is 0.614. The van der Waals surface area contributed by atoms with Crippen molar-refractivity contribution in [2.75, 3.05) is 13.2 Å². The van der Waals surface area contributed by atoms with Gasteiger partial charge in [-0.3, -0.25) is 0 Å². The molecular weight excluding hydrogens is 282 g/mol. The highest BCUT2D eigenvalue weighted by Gasteiger charge is 2.52. The molecule has 1 aromatic carbocycles. The molecule has 2 heterocycles. The molecule has 0 unspecified atom stereocenters. The highest BCUT2D eigenvalue weighted by molar-refractivity contribution is 6.62. The molecule has 0 saturated carbocycles. The Hall–Kier alpha value is -0.905. The molecule has 2 aliphatic heterocycles. The van der Waals surface area contributed by atoms with Crippen LogP contribution in [0.1, 0.15) is 52.0 Å². The number of hydrogen-bond acceptors (Lipinski definition) is 3. The summed E-state index contributed by atoms with van der Waals surface area (Å²) in [6, 6.07) is 5.44. The molecule has 22 heavy (non-hydrogen) atoms. The van der Waals surface area contributed by atoms with Crippen LogP contribution in [0, 0.1) is 5.82 Å². The second kappa shape index (κ2) is 5.62. The first-order chi connectivity index (χ1) is 10.3. The van der Waals surface area contributed by atoms with E-state index in [9.17, 15) is 4.39 Å². The van der Waals surface area contributed by atoms with Gasteiger partial charge in [-0.25, -0.2) is 4.39 Å². The van der Waals surface area contributed by atoms with Crippen molar-refractivity contribution in [3.8, 4) is 0 Å². The molecule has 0 atom stereocenters. The first kappa shape index (κ1) is 16.0. The van der Waals surface area contributed by atoms with Gasteiger partial charge in [0.1, 0.15) is 5.82 Å². The SMILES string of the molecule is CC1(C)OB(c2ccc(C3CCOCC3)cc2F)OC1(C)C. The molecular formula is C17H24BFO3. The molecule has 1 aromatic rings. The van der Waals surface area contributed by atoms with Gasteiger partial charge in [-0.1, -0.05) is 12.1 Å². The molecule has 0 aliphatic carbocycles. The summed E-state index contributed by atoms with van der Waals surface area (Å²) < 4.78 is 31.8. The van der Waals surface area contributed by atoms with E-state index in [0.29, 0.717) is 11.4 Å².